The molecular weight excluding hydrogens is 584 g/mol. The van der Waals surface area contributed by atoms with Crippen molar-refractivity contribution in [3.63, 3.8) is 0 Å². The molecule has 12 nitrogen and oxygen atoms in total. The number of nitrogens with zero attached hydrogens (tertiary/aromatic N) is 10. The molecule has 0 spiro atoms. The third-order valence-electron chi connectivity index (χ3n) is 6.42. The maximum absolute atomic E-state index is 15.4. The van der Waals surface area contributed by atoms with Crippen molar-refractivity contribution in [1.82, 2.24) is 44.5 Å². The molecule has 1 atom stereocenters. The van der Waals surface area contributed by atoms with Crippen LogP contribution in [0.5, 0.6) is 0 Å². The third-order valence-corrected chi connectivity index (χ3v) is 6.71. The van der Waals surface area contributed by atoms with Crippen molar-refractivity contribution in [2.45, 2.75) is 18.6 Å². The van der Waals surface area contributed by atoms with Gasteiger partial charge in [0, 0.05) is 19.3 Å². The van der Waals surface area contributed by atoms with Gasteiger partial charge in [0.1, 0.15) is 18.6 Å². The second-order valence-corrected chi connectivity index (χ2v) is 9.44. The molecule has 0 aliphatic heterocycles. The first-order valence-corrected chi connectivity index (χ1v) is 12.5. The lowest BCUT2D eigenvalue weighted by atomic mass is 10.0. The Morgan fingerprint density at radius 2 is 1.93 bits per heavy atom. The molecule has 214 valence electrons. The summed E-state index contributed by atoms with van der Waals surface area (Å²) < 4.78 is 64.6. The molecule has 0 fully saturated rings. The summed E-state index contributed by atoms with van der Waals surface area (Å²) in [5.41, 5.74) is -0.767. The summed E-state index contributed by atoms with van der Waals surface area (Å²) in [4.78, 5) is 8.37. The highest BCUT2D eigenvalue weighted by atomic mass is 35.5. The smallest absolute Gasteiger partial charge is 0.436 e. The van der Waals surface area contributed by atoms with Crippen LogP contribution in [0.2, 0.25) is 5.02 Å². The fraction of sp³-hybridized carbons (Fsp3) is 0.160. The van der Waals surface area contributed by atoms with Gasteiger partial charge in [-0.15, -0.1) is 5.10 Å². The van der Waals surface area contributed by atoms with Gasteiger partial charge < -0.3 is 9.62 Å². The molecule has 0 aliphatic rings. The molecule has 1 aromatic carbocycles. The van der Waals surface area contributed by atoms with Gasteiger partial charge in [-0.2, -0.15) is 28.1 Å². The SMILES string of the molecule is Cn1ncnc1-c1cnn(C(Cc2ncco2)c2ccc(-c3c(-n4cc(C(F)(F)F)nn4)ccc(Cl)c3F)c[n+]2[O-])c1. The number of pyridine rings is 1. The number of hydrogen-bond acceptors (Lipinski definition) is 8. The van der Waals surface area contributed by atoms with Gasteiger partial charge in [-0.05, 0) is 18.2 Å². The van der Waals surface area contributed by atoms with Crippen molar-refractivity contribution in [2.75, 3.05) is 0 Å². The van der Waals surface area contributed by atoms with Crippen molar-refractivity contribution in [3.8, 4) is 28.2 Å². The van der Waals surface area contributed by atoms with Gasteiger partial charge in [0.2, 0.25) is 5.69 Å². The lowest BCUT2D eigenvalue weighted by Crippen LogP contribution is -2.36. The summed E-state index contributed by atoms with van der Waals surface area (Å²) in [7, 11) is 1.72. The van der Waals surface area contributed by atoms with E-state index in [9.17, 15) is 18.4 Å². The first-order valence-electron chi connectivity index (χ1n) is 12.1. The molecule has 0 bridgehead atoms. The zero-order chi connectivity index (χ0) is 29.6. The van der Waals surface area contributed by atoms with E-state index in [0.29, 0.717) is 28.2 Å². The van der Waals surface area contributed by atoms with E-state index < -0.39 is 23.7 Å². The fourth-order valence-electron chi connectivity index (χ4n) is 4.45. The van der Waals surface area contributed by atoms with E-state index in [4.69, 9.17) is 16.0 Å². The summed E-state index contributed by atoms with van der Waals surface area (Å²) in [6, 6.07) is 4.61. The number of aromatic nitrogens is 10. The average molecular weight is 601 g/mol. The lowest BCUT2D eigenvalue weighted by molar-refractivity contribution is -0.615. The summed E-state index contributed by atoms with van der Waals surface area (Å²) in [5, 5.41) is 28.3. The molecule has 6 aromatic rings. The summed E-state index contributed by atoms with van der Waals surface area (Å²) in [6.45, 7) is 0. The molecule has 0 radical (unpaired) electrons. The van der Waals surface area contributed by atoms with Crippen LogP contribution in [-0.2, 0) is 19.6 Å². The molecule has 0 saturated carbocycles. The van der Waals surface area contributed by atoms with Crippen molar-refractivity contribution < 1.29 is 26.7 Å². The van der Waals surface area contributed by atoms with Gasteiger partial charge in [-0.3, -0.25) is 4.68 Å². The van der Waals surface area contributed by atoms with Gasteiger partial charge in [-0.1, -0.05) is 16.8 Å². The monoisotopic (exact) mass is 600 g/mol. The highest BCUT2D eigenvalue weighted by Gasteiger charge is 2.35. The zero-order valence-corrected chi connectivity index (χ0v) is 22.1. The third kappa shape index (κ3) is 4.96. The Labute approximate surface area is 238 Å². The van der Waals surface area contributed by atoms with E-state index in [1.165, 1.54) is 47.7 Å². The standard InChI is InChI=1S/C25H17ClF4N10O2/c1-37-24(32-13-34-37)15-9-33-38(10-15)19(8-21-31-6-7-42-21)17-4-2-14(11-40(17)41)22-18(5-3-16(26)23(22)27)39-12-20(35-36-39)25(28,29)30/h2-7,9-13,19H,8H2,1H3. The maximum atomic E-state index is 15.4. The average Bonchev–Trinajstić information content (AvgIpc) is 3.76. The highest BCUT2D eigenvalue weighted by Crippen LogP contribution is 2.35. The van der Waals surface area contributed by atoms with Crippen LogP contribution >= 0.6 is 11.6 Å². The van der Waals surface area contributed by atoms with Crippen LogP contribution in [0.4, 0.5) is 17.6 Å². The van der Waals surface area contributed by atoms with Crippen molar-refractivity contribution in [1.29, 1.82) is 0 Å². The second kappa shape index (κ2) is 10.4. The van der Waals surface area contributed by atoms with Crippen molar-refractivity contribution in [2.24, 2.45) is 7.05 Å². The van der Waals surface area contributed by atoms with E-state index in [1.54, 1.807) is 24.1 Å². The molecule has 0 amide bonds. The van der Waals surface area contributed by atoms with E-state index >= 15 is 4.39 Å². The predicted molar refractivity (Wildman–Crippen MR) is 136 cm³/mol. The van der Waals surface area contributed by atoms with Crippen molar-refractivity contribution >= 4 is 11.6 Å². The summed E-state index contributed by atoms with van der Waals surface area (Å²) in [5.74, 6) is -0.0791. The molecule has 5 aromatic heterocycles. The van der Waals surface area contributed by atoms with Crippen LogP contribution < -0.4 is 4.73 Å². The van der Waals surface area contributed by atoms with Crippen molar-refractivity contribution in [3.05, 3.63) is 101 Å². The number of rotatable bonds is 7. The van der Waals surface area contributed by atoms with Crippen LogP contribution in [-0.4, -0.2) is 44.5 Å². The Morgan fingerprint density at radius 1 is 1.10 bits per heavy atom. The van der Waals surface area contributed by atoms with Gasteiger partial charge in [-0.25, -0.2) is 23.7 Å². The maximum Gasteiger partial charge on any atom is 0.436 e. The number of benzene rings is 1. The molecular formula is C25H17ClF4N10O2. The second-order valence-electron chi connectivity index (χ2n) is 9.03. The minimum absolute atomic E-state index is 0.0305. The number of hydrogen-bond donors (Lipinski definition) is 0. The van der Waals surface area contributed by atoms with Crippen LogP contribution in [0.1, 0.15) is 23.3 Å². The molecule has 1 unspecified atom stereocenters. The first-order chi connectivity index (χ1) is 20.1. The molecule has 6 rings (SSSR count). The number of oxazole rings is 1. The summed E-state index contributed by atoms with van der Waals surface area (Å²) >= 11 is 6.01. The quantitative estimate of drug-likeness (QED) is 0.151. The summed E-state index contributed by atoms with van der Waals surface area (Å²) in [6.07, 6.45) is 4.58. The molecule has 42 heavy (non-hydrogen) atoms. The Kier molecular flexibility index (Phi) is 6.68. The Balaban J connectivity index is 1.43. The zero-order valence-electron chi connectivity index (χ0n) is 21.3. The van der Waals surface area contributed by atoms with Crippen LogP contribution in [0, 0.1) is 11.0 Å². The van der Waals surface area contributed by atoms with Gasteiger partial charge in [0.25, 0.3) is 0 Å². The largest absolute Gasteiger partial charge is 0.618 e. The molecule has 0 saturated heterocycles. The predicted octanol–water partition coefficient (Wildman–Crippen LogP) is 4.19. The molecule has 17 heteroatoms. The number of aryl methyl sites for hydroxylation is 1. The Hall–Kier alpha value is -5.12. The van der Waals surface area contributed by atoms with E-state index in [-0.39, 0.29) is 34.0 Å². The van der Waals surface area contributed by atoms with Gasteiger partial charge in [0.05, 0.1) is 52.4 Å². The van der Waals surface area contributed by atoms with E-state index in [2.05, 4.69) is 30.5 Å². The minimum atomic E-state index is -4.76. The van der Waals surface area contributed by atoms with Crippen LogP contribution in [0.25, 0.3) is 28.2 Å². The van der Waals surface area contributed by atoms with Gasteiger partial charge >= 0.3 is 6.18 Å². The normalized spacial score (nSPS) is 12.6. The number of halogens is 5. The van der Waals surface area contributed by atoms with Crippen LogP contribution in [0.15, 0.2) is 72.3 Å². The minimum Gasteiger partial charge on any atom is -0.618 e. The van der Waals surface area contributed by atoms with E-state index in [1.807, 2.05) is 0 Å². The Bertz CT molecular complexity index is 1880. The van der Waals surface area contributed by atoms with Crippen LogP contribution in [0.3, 0.4) is 0 Å². The number of alkyl halides is 3. The van der Waals surface area contributed by atoms with Gasteiger partial charge in [0.15, 0.2) is 29.4 Å². The Morgan fingerprint density at radius 3 is 2.60 bits per heavy atom. The molecule has 5 heterocycles. The first kappa shape index (κ1) is 27.1. The van der Waals surface area contributed by atoms with E-state index in [0.717, 1.165) is 10.9 Å². The molecule has 0 N–H and O–H groups in total. The highest BCUT2D eigenvalue weighted by molar-refractivity contribution is 6.31. The lowest BCUT2D eigenvalue weighted by Gasteiger charge is -2.17. The topological polar surface area (TPSA) is 132 Å². The fourth-order valence-corrected chi connectivity index (χ4v) is 4.61. The molecule has 0 aliphatic carbocycles.